The molecule has 0 saturated carbocycles. The van der Waals surface area contributed by atoms with Crippen LogP contribution in [0, 0.1) is 0 Å². The summed E-state index contributed by atoms with van der Waals surface area (Å²) in [5.74, 6) is 0.969. The van der Waals surface area contributed by atoms with Gasteiger partial charge in [0, 0.05) is 0 Å². The Bertz CT molecular complexity index is 611. The lowest BCUT2D eigenvalue weighted by Crippen LogP contribution is -1.96. The maximum absolute atomic E-state index is 5.92. The van der Waals surface area contributed by atoms with Gasteiger partial charge in [0.25, 0.3) is 0 Å². The van der Waals surface area contributed by atoms with Crippen molar-refractivity contribution in [3.8, 4) is 5.75 Å². The van der Waals surface area contributed by atoms with Gasteiger partial charge in [0.2, 0.25) is 0 Å². The van der Waals surface area contributed by atoms with Crippen molar-refractivity contribution in [2.75, 3.05) is 0 Å². The zero-order valence-electron chi connectivity index (χ0n) is 11.9. The van der Waals surface area contributed by atoms with Crippen molar-refractivity contribution in [3.05, 3.63) is 71.3 Å². The molecule has 0 aliphatic heterocycles. The summed E-state index contributed by atoms with van der Waals surface area (Å²) in [5.41, 5.74) is 5.50. The Morgan fingerprint density at radius 2 is 1.90 bits per heavy atom. The predicted molar refractivity (Wildman–Crippen MR) is 83.8 cm³/mol. The van der Waals surface area contributed by atoms with Gasteiger partial charge in [-0.25, -0.2) is 0 Å². The quantitative estimate of drug-likeness (QED) is 0.738. The zero-order valence-corrected chi connectivity index (χ0v) is 11.9. The summed E-state index contributed by atoms with van der Waals surface area (Å²) in [6.45, 7) is 2.86. The van der Waals surface area contributed by atoms with Crippen LogP contribution in [0.5, 0.6) is 5.75 Å². The number of allylic oxidation sites excluding steroid dienone is 2. The topological polar surface area (TPSA) is 9.23 Å². The van der Waals surface area contributed by atoms with E-state index in [9.17, 15) is 0 Å². The van der Waals surface area contributed by atoms with Crippen LogP contribution >= 0.6 is 0 Å². The van der Waals surface area contributed by atoms with Crippen molar-refractivity contribution in [2.45, 2.75) is 32.8 Å². The van der Waals surface area contributed by atoms with Crippen LogP contribution in [0.2, 0.25) is 0 Å². The van der Waals surface area contributed by atoms with Crippen molar-refractivity contribution in [3.63, 3.8) is 0 Å². The molecule has 2 aromatic carbocycles. The van der Waals surface area contributed by atoms with Gasteiger partial charge >= 0.3 is 0 Å². The van der Waals surface area contributed by atoms with E-state index in [4.69, 9.17) is 4.74 Å². The van der Waals surface area contributed by atoms with Gasteiger partial charge in [0.15, 0.2) is 0 Å². The maximum atomic E-state index is 5.92. The van der Waals surface area contributed by atoms with Crippen molar-refractivity contribution in [1.82, 2.24) is 0 Å². The zero-order chi connectivity index (χ0) is 13.8. The molecule has 1 aliphatic rings. The third-order valence-corrected chi connectivity index (χ3v) is 3.76. The summed E-state index contributed by atoms with van der Waals surface area (Å²) in [7, 11) is 0. The molecule has 20 heavy (non-hydrogen) atoms. The van der Waals surface area contributed by atoms with Gasteiger partial charge in [-0.2, -0.15) is 0 Å². The minimum atomic E-state index is 0.631. The molecule has 0 fully saturated rings. The highest BCUT2D eigenvalue weighted by molar-refractivity contribution is 5.74. The standard InChI is InChI=1S/C19H20O/c1-2-6-16-9-10-17-11-12-18(13-19(16)17)20-14-15-7-4-3-5-8-15/h3-5,7-9,11-13H,2,6,10,14H2,1H3. The minimum absolute atomic E-state index is 0.631. The molecule has 1 aliphatic carbocycles. The molecule has 0 aromatic heterocycles. The summed E-state index contributed by atoms with van der Waals surface area (Å²) in [4.78, 5) is 0. The third kappa shape index (κ3) is 2.77. The van der Waals surface area contributed by atoms with Crippen LogP contribution in [0.3, 0.4) is 0 Å². The fraction of sp³-hybridized carbons (Fsp3) is 0.263. The van der Waals surface area contributed by atoms with Crippen LogP contribution in [-0.2, 0) is 13.0 Å². The molecule has 0 saturated heterocycles. The first-order valence-corrected chi connectivity index (χ1v) is 7.36. The highest BCUT2D eigenvalue weighted by Crippen LogP contribution is 2.33. The Hall–Kier alpha value is -2.02. The number of ether oxygens (including phenoxy) is 1. The first kappa shape index (κ1) is 13.0. The molecule has 0 atom stereocenters. The lowest BCUT2D eigenvalue weighted by Gasteiger charge is -2.10. The van der Waals surface area contributed by atoms with Crippen LogP contribution in [-0.4, -0.2) is 0 Å². The average Bonchev–Trinajstić information content (AvgIpc) is 2.89. The number of fused-ring (bicyclic) bond motifs is 1. The van der Waals surface area contributed by atoms with Gasteiger partial charge in [-0.3, -0.25) is 0 Å². The molecule has 0 spiro atoms. The lowest BCUT2D eigenvalue weighted by molar-refractivity contribution is 0.306. The maximum Gasteiger partial charge on any atom is 0.120 e. The van der Waals surface area contributed by atoms with Crippen LogP contribution in [0.15, 0.2) is 54.6 Å². The summed E-state index contributed by atoms with van der Waals surface area (Å²) in [6, 6.07) is 16.8. The molecule has 0 N–H and O–H groups in total. The van der Waals surface area contributed by atoms with Gasteiger partial charge in [-0.1, -0.05) is 55.8 Å². The van der Waals surface area contributed by atoms with Crippen molar-refractivity contribution in [1.29, 1.82) is 0 Å². The Morgan fingerprint density at radius 3 is 2.70 bits per heavy atom. The predicted octanol–water partition coefficient (Wildman–Crippen LogP) is 5.01. The molecule has 2 aromatic rings. The van der Waals surface area contributed by atoms with Gasteiger partial charge in [0.05, 0.1) is 0 Å². The summed E-state index contributed by atoms with van der Waals surface area (Å²) < 4.78 is 5.92. The normalized spacial score (nSPS) is 12.9. The monoisotopic (exact) mass is 264 g/mol. The molecule has 0 amide bonds. The van der Waals surface area contributed by atoms with E-state index in [1.165, 1.54) is 28.7 Å². The largest absolute Gasteiger partial charge is 0.489 e. The molecule has 1 nitrogen and oxygen atoms in total. The minimum Gasteiger partial charge on any atom is -0.489 e. The lowest BCUT2D eigenvalue weighted by atomic mass is 10.0. The Morgan fingerprint density at radius 1 is 1.05 bits per heavy atom. The smallest absolute Gasteiger partial charge is 0.120 e. The molecule has 102 valence electrons. The van der Waals surface area contributed by atoms with Gasteiger partial charge in [-0.15, -0.1) is 0 Å². The Labute approximate surface area is 120 Å². The molecule has 0 unspecified atom stereocenters. The Balaban J connectivity index is 1.73. The average molecular weight is 264 g/mol. The van der Waals surface area contributed by atoms with Gasteiger partial charge in [0.1, 0.15) is 12.4 Å². The molecule has 0 bridgehead atoms. The van der Waals surface area contributed by atoms with E-state index in [0.717, 1.165) is 18.6 Å². The number of hydrogen-bond acceptors (Lipinski definition) is 1. The number of hydrogen-bond donors (Lipinski definition) is 0. The van der Waals surface area contributed by atoms with Crippen LogP contribution in [0.25, 0.3) is 5.57 Å². The highest BCUT2D eigenvalue weighted by atomic mass is 16.5. The van der Waals surface area contributed by atoms with E-state index in [1.54, 1.807) is 0 Å². The Kier molecular flexibility index (Phi) is 3.87. The van der Waals surface area contributed by atoms with Gasteiger partial charge in [-0.05, 0) is 47.2 Å². The van der Waals surface area contributed by atoms with E-state index in [1.807, 2.05) is 18.2 Å². The van der Waals surface area contributed by atoms with Crippen LogP contribution < -0.4 is 4.74 Å². The molecular formula is C19H20O. The third-order valence-electron chi connectivity index (χ3n) is 3.76. The summed E-state index contributed by atoms with van der Waals surface area (Å²) >= 11 is 0. The SMILES string of the molecule is CCCC1=CCc2ccc(OCc3ccccc3)cc21. The van der Waals surface area contributed by atoms with E-state index in [2.05, 4.69) is 43.3 Å². The molecule has 0 heterocycles. The first-order chi connectivity index (χ1) is 9.86. The fourth-order valence-electron chi connectivity index (χ4n) is 2.71. The van der Waals surface area contributed by atoms with Crippen LogP contribution in [0.1, 0.15) is 36.5 Å². The van der Waals surface area contributed by atoms with E-state index in [0.29, 0.717) is 6.61 Å². The molecule has 1 heteroatoms. The van der Waals surface area contributed by atoms with Crippen molar-refractivity contribution < 1.29 is 4.74 Å². The van der Waals surface area contributed by atoms with E-state index < -0.39 is 0 Å². The first-order valence-electron chi connectivity index (χ1n) is 7.36. The summed E-state index contributed by atoms with van der Waals surface area (Å²) in [5, 5.41) is 0. The second-order valence-corrected chi connectivity index (χ2v) is 5.28. The number of benzene rings is 2. The number of rotatable bonds is 5. The van der Waals surface area contributed by atoms with Gasteiger partial charge < -0.3 is 4.74 Å². The highest BCUT2D eigenvalue weighted by Gasteiger charge is 2.14. The molecular weight excluding hydrogens is 244 g/mol. The van der Waals surface area contributed by atoms with E-state index >= 15 is 0 Å². The van der Waals surface area contributed by atoms with Crippen molar-refractivity contribution in [2.24, 2.45) is 0 Å². The van der Waals surface area contributed by atoms with Crippen LogP contribution in [0.4, 0.5) is 0 Å². The molecule has 0 radical (unpaired) electrons. The fourth-order valence-corrected chi connectivity index (χ4v) is 2.71. The second-order valence-electron chi connectivity index (χ2n) is 5.28. The van der Waals surface area contributed by atoms with Crippen molar-refractivity contribution >= 4 is 5.57 Å². The molecule has 3 rings (SSSR count). The second kappa shape index (κ2) is 5.96. The van der Waals surface area contributed by atoms with E-state index in [-0.39, 0.29) is 0 Å². The summed E-state index contributed by atoms with van der Waals surface area (Å²) in [6.07, 6.45) is 5.79.